The van der Waals surface area contributed by atoms with Crippen LogP contribution in [0.25, 0.3) is 0 Å². The van der Waals surface area contributed by atoms with Gasteiger partial charge in [0.15, 0.2) is 0 Å². The Morgan fingerprint density at radius 2 is 1.55 bits per heavy atom. The standard InChI is InChI=1S/C15H9Cl2N3O2/c16-10-5-11(17)7-12(6-10)19-14(21)15(22)20-13-4-2-1-3-9(13)8-18/h1-7H,(H,19,21)(H,20,22). The fourth-order valence-corrected chi connectivity index (χ4v) is 2.21. The number of anilines is 2. The second-order valence-electron chi connectivity index (χ2n) is 4.22. The Morgan fingerprint density at radius 1 is 0.955 bits per heavy atom. The molecule has 0 fully saturated rings. The summed E-state index contributed by atoms with van der Waals surface area (Å²) in [4.78, 5) is 23.7. The third-order valence-corrected chi connectivity index (χ3v) is 3.06. The Bertz CT molecular complexity index is 764. The van der Waals surface area contributed by atoms with Gasteiger partial charge in [-0.3, -0.25) is 9.59 Å². The second kappa shape index (κ2) is 6.94. The first-order valence-corrected chi connectivity index (χ1v) is 6.83. The molecule has 2 aromatic rings. The van der Waals surface area contributed by atoms with Gasteiger partial charge in [-0.2, -0.15) is 5.26 Å². The number of rotatable bonds is 2. The van der Waals surface area contributed by atoms with Crippen molar-refractivity contribution in [3.05, 3.63) is 58.1 Å². The zero-order valence-corrected chi connectivity index (χ0v) is 12.6. The molecule has 0 aliphatic rings. The smallest absolute Gasteiger partial charge is 0.314 e. The van der Waals surface area contributed by atoms with Crippen molar-refractivity contribution in [2.24, 2.45) is 0 Å². The molecule has 2 amide bonds. The van der Waals surface area contributed by atoms with Gasteiger partial charge in [-0.05, 0) is 30.3 Å². The van der Waals surface area contributed by atoms with Crippen LogP contribution in [0, 0.1) is 11.3 Å². The number of nitrogens with zero attached hydrogens (tertiary/aromatic N) is 1. The Balaban J connectivity index is 2.10. The third-order valence-electron chi connectivity index (χ3n) is 2.62. The lowest BCUT2D eigenvalue weighted by atomic mass is 10.2. The van der Waals surface area contributed by atoms with Gasteiger partial charge in [-0.1, -0.05) is 35.3 Å². The number of hydrogen-bond acceptors (Lipinski definition) is 3. The fourth-order valence-electron chi connectivity index (χ4n) is 1.68. The van der Waals surface area contributed by atoms with E-state index in [1.807, 2.05) is 6.07 Å². The van der Waals surface area contributed by atoms with Crippen LogP contribution >= 0.6 is 23.2 Å². The van der Waals surface area contributed by atoms with Gasteiger partial charge in [0.05, 0.1) is 11.3 Å². The maximum absolute atomic E-state index is 11.9. The van der Waals surface area contributed by atoms with Gasteiger partial charge in [0.2, 0.25) is 0 Å². The Kier molecular flexibility index (Phi) is 4.99. The summed E-state index contributed by atoms with van der Waals surface area (Å²) in [5, 5.41) is 14.3. The van der Waals surface area contributed by atoms with Gasteiger partial charge in [0, 0.05) is 15.7 Å². The second-order valence-corrected chi connectivity index (χ2v) is 5.10. The zero-order chi connectivity index (χ0) is 16.1. The molecular formula is C15H9Cl2N3O2. The van der Waals surface area contributed by atoms with Gasteiger partial charge < -0.3 is 10.6 Å². The largest absolute Gasteiger partial charge is 0.318 e. The minimum Gasteiger partial charge on any atom is -0.318 e. The summed E-state index contributed by atoms with van der Waals surface area (Å²) in [5.74, 6) is -1.80. The number of hydrogen-bond donors (Lipinski definition) is 2. The molecule has 0 bridgehead atoms. The van der Waals surface area contributed by atoms with Gasteiger partial charge in [0.1, 0.15) is 6.07 Å². The van der Waals surface area contributed by atoms with E-state index in [1.54, 1.807) is 12.1 Å². The predicted octanol–water partition coefficient (Wildman–Crippen LogP) is 3.44. The topological polar surface area (TPSA) is 82.0 Å². The molecule has 110 valence electrons. The van der Waals surface area contributed by atoms with Crippen LogP contribution in [0.2, 0.25) is 10.0 Å². The van der Waals surface area contributed by atoms with Crippen LogP contribution < -0.4 is 10.6 Å². The molecule has 0 aliphatic carbocycles. The highest BCUT2D eigenvalue weighted by Crippen LogP contribution is 2.22. The maximum atomic E-state index is 11.9. The molecule has 22 heavy (non-hydrogen) atoms. The van der Waals surface area contributed by atoms with Crippen molar-refractivity contribution < 1.29 is 9.59 Å². The van der Waals surface area contributed by atoms with Crippen LogP contribution in [0.4, 0.5) is 11.4 Å². The summed E-state index contributed by atoms with van der Waals surface area (Å²) in [6.45, 7) is 0. The number of nitriles is 1. The third kappa shape index (κ3) is 3.98. The molecule has 2 rings (SSSR count). The molecule has 0 unspecified atom stereocenters. The molecule has 2 aromatic carbocycles. The van der Waals surface area contributed by atoms with E-state index in [1.165, 1.54) is 30.3 Å². The average Bonchev–Trinajstić information content (AvgIpc) is 2.46. The van der Waals surface area contributed by atoms with E-state index in [2.05, 4.69) is 10.6 Å². The minimum atomic E-state index is -0.904. The molecule has 0 atom stereocenters. The van der Waals surface area contributed by atoms with Crippen molar-refractivity contribution in [2.45, 2.75) is 0 Å². The normalized spacial score (nSPS) is 9.68. The molecule has 0 aromatic heterocycles. The summed E-state index contributed by atoms with van der Waals surface area (Å²) in [6.07, 6.45) is 0. The SMILES string of the molecule is N#Cc1ccccc1NC(=O)C(=O)Nc1cc(Cl)cc(Cl)c1. The van der Waals surface area contributed by atoms with Crippen molar-refractivity contribution in [3.8, 4) is 6.07 Å². The fraction of sp³-hybridized carbons (Fsp3) is 0. The Labute approximate surface area is 136 Å². The highest BCUT2D eigenvalue weighted by atomic mass is 35.5. The van der Waals surface area contributed by atoms with Crippen LogP contribution in [0.1, 0.15) is 5.56 Å². The summed E-state index contributed by atoms with van der Waals surface area (Å²) in [5.41, 5.74) is 0.815. The quantitative estimate of drug-likeness (QED) is 0.826. The lowest BCUT2D eigenvalue weighted by Gasteiger charge is -2.08. The lowest BCUT2D eigenvalue weighted by molar-refractivity contribution is -0.133. The molecule has 7 heteroatoms. The molecule has 0 saturated heterocycles. The van der Waals surface area contributed by atoms with E-state index in [9.17, 15) is 9.59 Å². The van der Waals surface area contributed by atoms with Crippen LogP contribution in [0.15, 0.2) is 42.5 Å². The van der Waals surface area contributed by atoms with Crippen molar-refractivity contribution in [1.82, 2.24) is 0 Å². The zero-order valence-electron chi connectivity index (χ0n) is 11.1. The molecule has 0 aliphatic heterocycles. The molecule has 2 N–H and O–H groups in total. The number of carbonyl (C=O) groups is 2. The molecule has 0 saturated carbocycles. The average molecular weight is 334 g/mol. The van der Waals surface area contributed by atoms with Crippen molar-refractivity contribution in [3.63, 3.8) is 0 Å². The lowest BCUT2D eigenvalue weighted by Crippen LogP contribution is -2.29. The first-order valence-electron chi connectivity index (χ1n) is 6.07. The number of carbonyl (C=O) groups excluding carboxylic acids is 2. The first kappa shape index (κ1) is 15.8. The van der Waals surface area contributed by atoms with E-state index in [-0.39, 0.29) is 11.3 Å². The summed E-state index contributed by atoms with van der Waals surface area (Å²) in [7, 11) is 0. The van der Waals surface area contributed by atoms with Gasteiger partial charge in [-0.15, -0.1) is 0 Å². The van der Waals surface area contributed by atoms with E-state index < -0.39 is 11.8 Å². The number of amides is 2. The number of halogens is 2. The van der Waals surface area contributed by atoms with E-state index >= 15 is 0 Å². The van der Waals surface area contributed by atoms with Crippen molar-refractivity contribution >= 4 is 46.4 Å². The first-order chi connectivity index (χ1) is 10.5. The molecule has 0 heterocycles. The molecular weight excluding hydrogens is 325 g/mol. The van der Waals surface area contributed by atoms with Crippen molar-refractivity contribution in [1.29, 1.82) is 5.26 Å². The predicted molar refractivity (Wildman–Crippen MR) is 84.9 cm³/mol. The number of para-hydroxylation sites is 1. The minimum absolute atomic E-state index is 0.259. The van der Waals surface area contributed by atoms with Crippen LogP contribution in [-0.2, 0) is 9.59 Å². The van der Waals surface area contributed by atoms with E-state index in [0.717, 1.165) is 0 Å². The van der Waals surface area contributed by atoms with E-state index in [4.69, 9.17) is 28.5 Å². The van der Waals surface area contributed by atoms with E-state index in [0.29, 0.717) is 15.7 Å². The van der Waals surface area contributed by atoms with Crippen LogP contribution in [0.5, 0.6) is 0 Å². The monoisotopic (exact) mass is 333 g/mol. The van der Waals surface area contributed by atoms with Crippen LogP contribution in [-0.4, -0.2) is 11.8 Å². The van der Waals surface area contributed by atoms with Gasteiger partial charge in [0.25, 0.3) is 0 Å². The number of benzene rings is 2. The summed E-state index contributed by atoms with van der Waals surface area (Å²) >= 11 is 11.6. The van der Waals surface area contributed by atoms with Crippen LogP contribution in [0.3, 0.4) is 0 Å². The Hall–Kier alpha value is -2.55. The highest BCUT2D eigenvalue weighted by Gasteiger charge is 2.16. The highest BCUT2D eigenvalue weighted by molar-refractivity contribution is 6.44. The maximum Gasteiger partial charge on any atom is 0.314 e. The molecule has 0 radical (unpaired) electrons. The summed E-state index contributed by atoms with van der Waals surface area (Å²) < 4.78 is 0. The van der Waals surface area contributed by atoms with Gasteiger partial charge in [-0.25, -0.2) is 0 Å². The molecule has 5 nitrogen and oxygen atoms in total. The number of nitrogens with one attached hydrogen (secondary N) is 2. The Morgan fingerprint density at radius 3 is 2.18 bits per heavy atom. The van der Waals surface area contributed by atoms with Crippen molar-refractivity contribution in [2.75, 3.05) is 10.6 Å². The van der Waals surface area contributed by atoms with Gasteiger partial charge >= 0.3 is 11.8 Å². The summed E-state index contributed by atoms with van der Waals surface area (Å²) in [6, 6.07) is 12.7. The molecule has 0 spiro atoms.